The third-order valence-electron chi connectivity index (χ3n) is 4.20. The van der Waals surface area contributed by atoms with Crippen molar-refractivity contribution in [2.75, 3.05) is 25.4 Å². The van der Waals surface area contributed by atoms with Gasteiger partial charge in [0, 0.05) is 18.8 Å². The number of rotatable bonds is 3. The van der Waals surface area contributed by atoms with Crippen molar-refractivity contribution in [3.05, 3.63) is 29.8 Å². The van der Waals surface area contributed by atoms with E-state index in [2.05, 4.69) is 0 Å². The molecule has 2 N–H and O–H groups in total. The van der Waals surface area contributed by atoms with E-state index in [0.29, 0.717) is 13.0 Å². The van der Waals surface area contributed by atoms with Crippen LogP contribution in [-0.2, 0) is 16.0 Å². The SMILES string of the molecule is Nc1ccccc1CCN1CC(=O)N2CCCC2C1=O. The number of nitrogens with zero attached hydrogens (tertiary/aromatic N) is 2. The van der Waals surface area contributed by atoms with E-state index in [0.717, 1.165) is 30.6 Å². The number of para-hydroxylation sites is 1. The molecule has 0 bridgehead atoms. The van der Waals surface area contributed by atoms with Gasteiger partial charge in [0.1, 0.15) is 6.04 Å². The van der Waals surface area contributed by atoms with Crippen molar-refractivity contribution in [1.82, 2.24) is 9.80 Å². The van der Waals surface area contributed by atoms with Crippen LogP contribution in [0.15, 0.2) is 24.3 Å². The molecule has 2 amide bonds. The monoisotopic (exact) mass is 273 g/mol. The molecule has 0 radical (unpaired) electrons. The molecule has 106 valence electrons. The molecule has 5 nitrogen and oxygen atoms in total. The average molecular weight is 273 g/mol. The largest absolute Gasteiger partial charge is 0.399 e. The Morgan fingerprint density at radius 3 is 2.85 bits per heavy atom. The van der Waals surface area contributed by atoms with Gasteiger partial charge < -0.3 is 15.5 Å². The number of benzene rings is 1. The first-order valence-electron chi connectivity index (χ1n) is 7.08. The van der Waals surface area contributed by atoms with Crippen LogP contribution in [0.1, 0.15) is 18.4 Å². The van der Waals surface area contributed by atoms with Crippen LogP contribution in [0, 0.1) is 0 Å². The average Bonchev–Trinajstić information content (AvgIpc) is 2.93. The molecule has 1 aromatic rings. The second-order valence-electron chi connectivity index (χ2n) is 5.45. The van der Waals surface area contributed by atoms with Crippen LogP contribution in [-0.4, -0.2) is 47.3 Å². The predicted molar refractivity (Wildman–Crippen MR) is 75.9 cm³/mol. The lowest BCUT2D eigenvalue weighted by atomic mass is 10.1. The topological polar surface area (TPSA) is 66.6 Å². The molecule has 0 spiro atoms. The molecule has 1 unspecified atom stereocenters. The van der Waals surface area contributed by atoms with Crippen LogP contribution in [0.25, 0.3) is 0 Å². The molecule has 1 aromatic carbocycles. The van der Waals surface area contributed by atoms with Crippen LogP contribution in [0.5, 0.6) is 0 Å². The molecule has 3 rings (SSSR count). The maximum atomic E-state index is 12.4. The quantitative estimate of drug-likeness (QED) is 0.822. The number of carbonyl (C=O) groups excluding carboxylic acids is 2. The van der Waals surface area contributed by atoms with Gasteiger partial charge in [-0.15, -0.1) is 0 Å². The summed E-state index contributed by atoms with van der Waals surface area (Å²) >= 11 is 0. The molecule has 0 aromatic heterocycles. The number of amides is 2. The third kappa shape index (κ3) is 2.24. The maximum absolute atomic E-state index is 12.4. The Bertz CT molecular complexity index is 544. The number of fused-ring (bicyclic) bond motifs is 1. The lowest BCUT2D eigenvalue weighted by molar-refractivity contribution is -0.153. The van der Waals surface area contributed by atoms with Gasteiger partial charge in [0.15, 0.2) is 0 Å². The van der Waals surface area contributed by atoms with Gasteiger partial charge in [-0.05, 0) is 30.9 Å². The molecular formula is C15H19N3O2. The Labute approximate surface area is 118 Å². The zero-order chi connectivity index (χ0) is 14.1. The highest BCUT2D eigenvalue weighted by Gasteiger charge is 2.41. The fourth-order valence-electron chi connectivity index (χ4n) is 3.07. The Hall–Kier alpha value is -2.04. The number of carbonyl (C=O) groups is 2. The van der Waals surface area contributed by atoms with E-state index in [-0.39, 0.29) is 24.4 Å². The van der Waals surface area contributed by atoms with E-state index < -0.39 is 0 Å². The standard InChI is InChI=1S/C15H19N3O2/c16-12-5-2-1-4-11(12)7-9-17-10-14(19)18-8-3-6-13(18)15(17)20/h1-2,4-5,13H,3,6-10,16H2. The molecule has 2 aliphatic heterocycles. The molecule has 0 saturated carbocycles. The fraction of sp³-hybridized carbons (Fsp3) is 0.467. The first kappa shape index (κ1) is 13.0. The van der Waals surface area contributed by atoms with Crippen LogP contribution >= 0.6 is 0 Å². The van der Waals surface area contributed by atoms with Gasteiger partial charge in [-0.3, -0.25) is 9.59 Å². The van der Waals surface area contributed by atoms with E-state index in [4.69, 9.17) is 5.73 Å². The van der Waals surface area contributed by atoms with E-state index in [9.17, 15) is 9.59 Å². The summed E-state index contributed by atoms with van der Waals surface area (Å²) in [6.07, 6.45) is 2.43. The van der Waals surface area contributed by atoms with Gasteiger partial charge in [-0.2, -0.15) is 0 Å². The normalized spacial score (nSPS) is 22.3. The molecule has 20 heavy (non-hydrogen) atoms. The van der Waals surface area contributed by atoms with Gasteiger partial charge in [-0.1, -0.05) is 18.2 Å². The summed E-state index contributed by atoms with van der Waals surface area (Å²) < 4.78 is 0. The van der Waals surface area contributed by atoms with E-state index in [1.54, 1.807) is 9.80 Å². The molecule has 0 aliphatic carbocycles. The first-order chi connectivity index (χ1) is 9.66. The Morgan fingerprint density at radius 1 is 1.25 bits per heavy atom. The van der Waals surface area contributed by atoms with Crippen LogP contribution in [0.3, 0.4) is 0 Å². The van der Waals surface area contributed by atoms with Crippen molar-refractivity contribution in [2.24, 2.45) is 0 Å². The van der Waals surface area contributed by atoms with Crippen molar-refractivity contribution >= 4 is 17.5 Å². The van der Waals surface area contributed by atoms with Crippen molar-refractivity contribution < 1.29 is 9.59 Å². The van der Waals surface area contributed by atoms with Crippen LogP contribution in [0.2, 0.25) is 0 Å². The zero-order valence-corrected chi connectivity index (χ0v) is 11.4. The number of anilines is 1. The zero-order valence-electron chi connectivity index (χ0n) is 11.4. The van der Waals surface area contributed by atoms with Crippen LogP contribution < -0.4 is 5.73 Å². The summed E-state index contributed by atoms with van der Waals surface area (Å²) in [5, 5.41) is 0. The highest BCUT2D eigenvalue weighted by atomic mass is 16.2. The van der Waals surface area contributed by atoms with Crippen molar-refractivity contribution in [1.29, 1.82) is 0 Å². The Balaban J connectivity index is 1.67. The molecule has 1 atom stereocenters. The van der Waals surface area contributed by atoms with Crippen molar-refractivity contribution in [3.8, 4) is 0 Å². The molecule has 2 saturated heterocycles. The van der Waals surface area contributed by atoms with E-state index in [1.807, 2.05) is 24.3 Å². The molecular weight excluding hydrogens is 254 g/mol. The minimum atomic E-state index is -0.218. The summed E-state index contributed by atoms with van der Waals surface area (Å²) in [6.45, 7) is 1.50. The molecule has 2 aliphatic rings. The van der Waals surface area contributed by atoms with Crippen LogP contribution in [0.4, 0.5) is 5.69 Å². The lowest BCUT2D eigenvalue weighted by Gasteiger charge is -2.36. The smallest absolute Gasteiger partial charge is 0.245 e. The Morgan fingerprint density at radius 2 is 2.05 bits per heavy atom. The molecule has 2 heterocycles. The summed E-state index contributed by atoms with van der Waals surface area (Å²) in [5.41, 5.74) is 7.68. The van der Waals surface area contributed by atoms with Gasteiger partial charge >= 0.3 is 0 Å². The van der Waals surface area contributed by atoms with Crippen molar-refractivity contribution in [3.63, 3.8) is 0 Å². The highest BCUT2D eigenvalue weighted by molar-refractivity contribution is 5.95. The lowest BCUT2D eigenvalue weighted by Crippen LogP contribution is -2.57. The number of piperazine rings is 1. The van der Waals surface area contributed by atoms with E-state index in [1.165, 1.54) is 0 Å². The fourth-order valence-corrected chi connectivity index (χ4v) is 3.07. The number of nitrogen functional groups attached to an aromatic ring is 1. The summed E-state index contributed by atoms with van der Waals surface area (Å²) in [7, 11) is 0. The van der Waals surface area contributed by atoms with E-state index >= 15 is 0 Å². The number of hydrogen-bond donors (Lipinski definition) is 1. The minimum absolute atomic E-state index is 0.0770. The predicted octanol–water partition coefficient (Wildman–Crippen LogP) is 0.644. The van der Waals surface area contributed by atoms with Gasteiger partial charge in [0.25, 0.3) is 0 Å². The maximum Gasteiger partial charge on any atom is 0.245 e. The van der Waals surface area contributed by atoms with Crippen molar-refractivity contribution in [2.45, 2.75) is 25.3 Å². The third-order valence-corrected chi connectivity index (χ3v) is 4.20. The second-order valence-corrected chi connectivity index (χ2v) is 5.45. The Kier molecular flexibility index (Phi) is 3.34. The summed E-state index contributed by atoms with van der Waals surface area (Å²) in [4.78, 5) is 27.8. The molecule has 5 heteroatoms. The van der Waals surface area contributed by atoms with Gasteiger partial charge in [0.05, 0.1) is 6.54 Å². The number of hydrogen-bond acceptors (Lipinski definition) is 3. The highest BCUT2D eigenvalue weighted by Crippen LogP contribution is 2.24. The van der Waals surface area contributed by atoms with Gasteiger partial charge in [-0.25, -0.2) is 0 Å². The summed E-state index contributed by atoms with van der Waals surface area (Å²) in [5.74, 6) is 0.171. The number of nitrogens with two attached hydrogens (primary N) is 1. The van der Waals surface area contributed by atoms with Gasteiger partial charge in [0.2, 0.25) is 11.8 Å². The summed E-state index contributed by atoms with van der Waals surface area (Å²) in [6, 6.07) is 7.44. The first-order valence-corrected chi connectivity index (χ1v) is 7.08. The minimum Gasteiger partial charge on any atom is -0.399 e. The second kappa shape index (κ2) is 5.15. The molecule has 2 fully saturated rings.